The normalized spacial score (nSPS) is 21.3. The summed E-state index contributed by atoms with van der Waals surface area (Å²) in [6, 6.07) is 0. The lowest BCUT2D eigenvalue weighted by molar-refractivity contribution is 0.0173. The van der Waals surface area contributed by atoms with E-state index in [-0.39, 0.29) is 5.54 Å². The first-order valence-electron chi connectivity index (χ1n) is 11.5. The van der Waals surface area contributed by atoms with Crippen molar-refractivity contribution in [3.63, 3.8) is 0 Å². The van der Waals surface area contributed by atoms with Gasteiger partial charge in [0.2, 0.25) is 0 Å². The topological polar surface area (TPSA) is 68.9 Å². The average molecular weight is 405 g/mol. The average Bonchev–Trinajstić information content (AvgIpc) is 3.18. The predicted octanol–water partition coefficient (Wildman–Crippen LogP) is 2.41. The highest BCUT2D eigenvalue weighted by molar-refractivity contribution is 5.79. The number of hydrogen-bond donors (Lipinski definition) is 2. The van der Waals surface area contributed by atoms with Crippen LogP contribution in [0, 0.1) is 0 Å². The first kappa shape index (κ1) is 22.1. The molecule has 7 nitrogen and oxygen atoms in total. The number of likely N-dealkylation sites (tertiary alicyclic amines) is 2. The third kappa shape index (κ3) is 5.31. The van der Waals surface area contributed by atoms with Crippen molar-refractivity contribution >= 4 is 5.96 Å². The molecule has 0 atom stereocenters. The zero-order chi connectivity index (χ0) is 20.7. The maximum Gasteiger partial charge on any atom is 0.191 e. The van der Waals surface area contributed by atoms with Crippen molar-refractivity contribution in [3.8, 4) is 0 Å². The van der Waals surface area contributed by atoms with Gasteiger partial charge in [0.05, 0.1) is 5.69 Å². The van der Waals surface area contributed by atoms with E-state index in [4.69, 9.17) is 4.52 Å². The van der Waals surface area contributed by atoms with Gasteiger partial charge in [-0.3, -0.25) is 9.89 Å². The molecule has 0 aliphatic carbocycles. The lowest BCUT2D eigenvalue weighted by Gasteiger charge is -2.50. The van der Waals surface area contributed by atoms with E-state index in [1.54, 1.807) is 0 Å². The minimum atomic E-state index is 0.241. The van der Waals surface area contributed by atoms with Gasteiger partial charge in [-0.25, -0.2) is 0 Å². The summed E-state index contributed by atoms with van der Waals surface area (Å²) in [4.78, 5) is 9.70. The van der Waals surface area contributed by atoms with Crippen LogP contribution >= 0.6 is 0 Å². The van der Waals surface area contributed by atoms with Gasteiger partial charge in [-0.15, -0.1) is 0 Å². The van der Waals surface area contributed by atoms with Gasteiger partial charge in [0.25, 0.3) is 0 Å². The minimum absolute atomic E-state index is 0.241. The van der Waals surface area contributed by atoms with Gasteiger partial charge in [0.1, 0.15) is 5.76 Å². The van der Waals surface area contributed by atoms with Crippen LogP contribution in [0.15, 0.2) is 9.52 Å². The lowest BCUT2D eigenvalue weighted by atomic mass is 9.84. The summed E-state index contributed by atoms with van der Waals surface area (Å²) in [6.07, 6.45) is 8.23. The number of hydrogen-bond acceptors (Lipinski definition) is 5. The molecule has 1 aromatic heterocycles. The van der Waals surface area contributed by atoms with Crippen LogP contribution in [0.1, 0.15) is 63.0 Å². The summed E-state index contributed by atoms with van der Waals surface area (Å²) >= 11 is 0. The molecular formula is C22H40N6O. The highest BCUT2D eigenvalue weighted by Crippen LogP contribution is 2.30. The SMILES string of the molecule is CCc1noc(CC)c1CNC(=NC)NCC1(N2CCCCC2)CCN(C)CC1. The van der Waals surface area contributed by atoms with Crippen LogP contribution in [0.5, 0.6) is 0 Å². The van der Waals surface area contributed by atoms with Gasteiger partial charge in [-0.1, -0.05) is 25.4 Å². The Labute approximate surface area is 176 Å². The summed E-state index contributed by atoms with van der Waals surface area (Å²) < 4.78 is 5.50. The van der Waals surface area contributed by atoms with Crippen LogP contribution in [-0.4, -0.2) is 73.3 Å². The van der Waals surface area contributed by atoms with Gasteiger partial charge in [-0.2, -0.15) is 0 Å². The van der Waals surface area contributed by atoms with Gasteiger partial charge in [0.15, 0.2) is 5.96 Å². The second-order valence-electron chi connectivity index (χ2n) is 8.59. The Morgan fingerprint density at radius 3 is 2.41 bits per heavy atom. The van der Waals surface area contributed by atoms with E-state index in [2.05, 4.69) is 51.5 Å². The van der Waals surface area contributed by atoms with E-state index in [1.807, 2.05) is 7.05 Å². The van der Waals surface area contributed by atoms with E-state index in [0.29, 0.717) is 6.54 Å². The van der Waals surface area contributed by atoms with Crippen LogP contribution in [0.3, 0.4) is 0 Å². The first-order valence-corrected chi connectivity index (χ1v) is 11.5. The van der Waals surface area contributed by atoms with E-state index in [9.17, 15) is 0 Å². The number of guanidine groups is 1. The second-order valence-corrected chi connectivity index (χ2v) is 8.59. The standard InChI is InChI=1S/C22H40N6O/c1-5-19-18(20(6-2)29-26-19)16-24-21(23-3)25-17-22(10-14-27(4)15-11-22)28-12-8-7-9-13-28/h5-17H2,1-4H3,(H2,23,24,25). The van der Waals surface area contributed by atoms with Crippen LogP contribution in [0.4, 0.5) is 0 Å². The molecule has 0 radical (unpaired) electrons. The minimum Gasteiger partial charge on any atom is -0.361 e. The predicted molar refractivity (Wildman–Crippen MR) is 118 cm³/mol. The van der Waals surface area contributed by atoms with Crippen LogP contribution in [-0.2, 0) is 19.4 Å². The van der Waals surface area contributed by atoms with Crippen molar-refractivity contribution in [1.82, 2.24) is 25.6 Å². The Morgan fingerprint density at radius 2 is 1.79 bits per heavy atom. The molecule has 1 aromatic rings. The second kappa shape index (κ2) is 10.4. The molecule has 7 heteroatoms. The number of nitrogens with one attached hydrogen (secondary N) is 2. The molecule has 0 saturated carbocycles. The van der Waals surface area contributed by atoms with Crippen LogP contribution in [0.2, 0.25) is 0 Å². The third-order valence-electron chi connectivity index (χ3n) is 6.79. The number of nitrogens with zero attached hydrogens (tertiary/aromatic N) is 4. The van der Waals surface area contributed by atoms with Crippen molar-refractivity contribution in [2.75, 3.05) is 46.8 Å². The third-order valence-corrected chi connectivity index (χ3v) is 6.79. The van der Waals surface area contributed by atoms with E-state index >= 15 is 0 Å². The Morgan fingerprint density at radius 1 is 1.07 bits per heavy atom. The number of piperidine rings is 2. The quantitative estimate of drug-likeness (QED) is 0.537. The van der Waals surface area contributed by atoms with Crippen LogP contribution in [0.25, 0.3) is 0 Å². The molecule has 164 valence electrons. The summed E-state index contributed by atoms with van der Waals surface area (Å²) in [5.74, 6) is 1.84. The molecule has 2 saturated heterocycles. The molecule has 29 heavy (non-hydrogen) atoms. The zero-order valence-electron chi connectivity index (χ0n) is 18.9. The maximum atomic E-state index is 5.50. The largest absolute Gasteiger partial charge is 0.361 e. The fraction of sp³-hybridized carbons (Fsp3) is 0.818. The lowest BCUT2D eigenvalue weighted by Crippen LogP contribution is -2.62. The number of aromatic nitrogens is 1. The maximum absolute atomic E-state index is 5.50. The summed E-state index contributed by atoms with van der Waals surface area (Å²) in [6.45, 7) is 10.7. The smallest absolute Gasteiger partial charge is 0.191 e. The first-order chi connectivity index (χ1) is 14.1. The zero-order valence-corrected chi connectivity index (χ0v) is 18.9. The Bertz CT molecular complexity index is 635. The number of rotatable bonds is 7. The van der Waals surface area contributed by atoms with Crippen molar-refractivity contribution in [3.05, 3.63) is 17.0 Å². The van der Waals surface area contributed by atoms with Gasteiger partial charge >= 0.3 is 0 Å². The molecule has 2 aliphatic heterocycles. The molecule has 2 aliphatic rings. The molecule has 2 N–H and O–H groups in total. The van der Waals surface area contributed by atoms with Crippen LogP contribution < -0.4 is 10.6 Å². The molecule has 0 aromatic carbocycles. The summed E-state index contributed by atoms with van der Waals surface area (Å²) in [5, 5.41) is 11.4. The fourth-order valence-electron chi connectivity index (χ4n) is 4.79. The Balaban J connectivity index is 1.62. The molecule has 3 rings (SSSR count). The molecule has 2 fully saturated rings. The van der Waals surface area contributed by atoms with E-state index < -0.39 is 0 Å². The molecule has 0 bridgehead atoms. The molecule has 3 heterocycles. The van der Waals surface area contributed by atoms with Crippen molar-refractivity contribution in [1.29, 1.82) is 0 Å². The molecule has 0 amide bonds. The Kier molecular flexibility index (Phi) is 7.95. The summed E-state index contributed by atoms with van der Waals surface area (Å²) in [5.41, 5.74) is 2.47. The number of aryl methyl sites for hydroxylation is 2. The molecule has 0 unspecified atom stereocenters. The monoisotopic (exact) mass is 404 g/mol. The van der Waals surface area contributed by atoms with Crippen molar-refractivity contribution in [2.24, 2.45) is 4.99 Å². The van der Waals surface area contributed by atoms with Gasteiger partial charge in [-0.05, 0) is 65.3 Å². The number of aliphatic imine (C=N–C) groups is 1. The van der Waals surface area contributed by atoms with Crippen molar-refractivity contribution in [2.45, 2.75) is 70.9 Å². The van der Waals surface area contributed by atoms with Gasteiger partial charge < -0.3 is 20.1 Å². The highest BCUT2D eigenvalue weighted by Gasteiger charge is 2.39. The highest BCUT2D eigenvalue weighted by atomic mass is 16.5. The van der Waals surface area contributed by atoms with E-state index in [0.717, 1.165) is 36.8 Å². The molecule has 0 spiro atoms. The Hall–Kier alpha value is -1.60. The molecular weight excluding hydrogens is 364 g/mol. The van der Waals surface area contributed by atoms with Gasteiger partial charge in [0, 0.05) is 37.7 Å². The van der Waals surface area contributed by atoms with Crippen molar-refractivity contribution < 1.29 is 4.52 Å². The summed E-state index contributed by atoms with van der Waals surface area (Å²) in [7, 11) is 4.09. The fourth-order valence-corrected chi connectivity index (χ4v) is 4.79. The van der Waals surface area contributed by atoms with E-state index in [1.165, 1.54) is 63.8 Å².